The number of nitrogens with one attached hydrogen (secondary N) is 4. The zero-order valence-electron chi connectivity index (χ0n) is 26.6. The topological polar surface area (TPSA) is 118 Å². The highest BCUT2D eigenvalue weighted by molar-refractivity contribution is 5.98. The van der Waals surface area contributed by atoms with Crippen LogP contribution >= 0.6 is 0 Å². The van der Waals surface area contributed by atoms with E-state index in [2.05, 4.69) is 21.3 Å². The molecule has 0 aromatic heterocycles. The SMILES string of the molecule is COC(=O)NC(C(=O)Nc1ccccc1CC[C@@H]1CN[C@H](CNC(=O)Cc2ccccc2)CO1)C(c1ccccc1)c1ccccc1. The standard InChI is InChI=1S/C38H42N4O5/c1-46-38(45)42-36(35(29-16-7-3-8-17-29)30-18-9-4-10-19-30)37(44)41-33-20-12-11-15-28(33)21-22-32-25-39-31(26-47-32)24-40-34(43)23-27-13-5-2-6-14-27/h2-20,31-32,35-36,39H,21-26H2,1H3,(H,40,43)(H,41,44)(H,42,45)/t31-,32-,36?/m1/s1. The molecule has 0 saturated carbocycles. The van der Waals surface area contributed by atoms with Gasteiger partial charge in [0.25, 0.3) is 0 Å². The van der Waals surface area contributed by atoms with Crippen LogP contribution in [0.1, 0.15) is 34.6 Å². The van der Waals surface area contributed by atoms with Crippen LogP contribution in [0, 0.1) is 0 Å². The minimum atomic E-state index is -0.948. The maximum atomic E-state index is 14.0. The summed E-state index contributed by atoms with van der Waals surface area (Å²) in [5.41, 5.74) is 4.40. The van der Waals surface area contributed by atoms with Crippen molar-refractivity contribution in [2.24, 2.45) is 0 Å². The van der Waals surface area contributed by atoms with E-state index < -0.39 is 18.1 Å². The van der Waals surface area contributed by atoms with Crippen LogP contribution in [0.5, 0.6) is 0 Å². The molecule has 9 nitrogen and oxygen atoms in total. The molecule has 9 heteroatoms. The molecule has 1 fully saturated rings. The summed E-state index contributed by atoms with van der Waals surface area (Å²) in [6.45, 7) is 1.66. The third-order valence-electron chi connectivity index (χ3n) is 8.32. The number of anilines is 1. The Hall–Kier alpha value is -4.99. The van der Waals surface area contributed by atoms with Gasteiger partial charge in [-0.3, -0.25) is 9.59 Å². The summed E-state index contributed by atoms with van der Waals surface area (Å²) in [5, 5.41) is 12.4. The minimum Gasteiger partial charge on any atom is -0.453 e. The number of rotatable bonds is 13. The predicted octanol–water partition coefficient (Wildman–Crippen LogP) is 4.83. The summed E-state index contributed by atoms with van der Waals surface area (Å²) in [6, 6.07) is 35.8. The monoisotopic (exact) mass is 634 g/mol. The number of carbonyl (C=O) groups excluding carboxylic acids is 3. The van der Waals surface area contributed by atoms with Crippen LogP contribution in [-0.2, 0) is 31.9 Å². The fourth-order valence-electron chi connectivity index (χ4n) is 5.84. The average Bonchev–Trinajstić information content (AvgIpc) is 3.11. The number of hydrogen-bond donors (Lipinski definition) is 4. The van der Waals surface area contributed by atoms with Gasteiger partial charge in [-0.05, 0) is 41.2 Å². The van der Waals surface area contributed by atoms with E-state index in [1.807, 2.05) is 115 Å². The summed E-state index contributed by atoms with van der Waals surface area (Å²) >= 11 is 0. The largest absolute Gasteiger partial charge is 0.453 e. The highest BCUT2D eigenvalue weighted by Gasteiger charge is 2.33. The van der Waals surface area contributed by atoms with E-state index in [0.29, 0.717) is 38.2 Å². The molecule has 244 valence electrons. The Morgan fingerprint density at radius 2 is 1.47 bits per heavy atom. The van der Waals surface area contributed by atoms with E-state index in [1.165, 1.54) is 7.11 Å². The number of carbonyl (C=O) groups is 3. The molecular formula is C38H42N4O5. The van der Waals surface area contributed by atoms with E-state index in [4.69, 9.17) is 9.47 Å². The van der Waals surface area contributed by atoms with Crippen LogP contribution in [0.2, 0.25) is 0 Å². The maximum absolute atomic E-state index is 14.0. The zero-order valence-corrected chi connectivity index (χ0v) is 26.6. The van der Waals surface area contributed by atoms with Crippen molar-refractivity contribution in [2.75, 3.05) is 32.1 Å². The molecule has 5 rings (SSSR count). The highest BCUT2D eigenvalue weighted by atomic mass is 16.5. The fourth-order valence-corrected chi connectivity index (χ4v) is 5.84. The normalized spacial score (nSPS) is 16.6. The van der Waals surface area contributed by atoms with Gasteiger partial charge in [-0.15, -0.1) is 0 Å². The van der Waals surface area contributed by atoms with Crippen LogP contribution in [0.3, 0.4) is 0 Å². The molecule has 0 spiro atoms. The first-order chi connectivity index (χ1) is 23.0. The number of alkyl carbamates (subject to hydrolysis) is 1. The van der Waals surface area contributed by atoms with Gasteiger partial charge in [0.05, 0.1) is 26.2 Å². The lowest BCUT2D eigenvalue weighted by Crippen LogP contribution is -2.51. The average molecular weight is 635 g/mol. The molecule has 4 aromatic carbocycles. The summed E-state index contributed by atoms with van der Waals surface area (Å²) in [4.78, 5) is 38.9. The predicted molar refractivity (Wildman–Crippen MR) is 182 cm³/mol. The molecule has 0 bridgehead atoms. The number of methoxy groups -OCH3 is 1. The van der Waals surface area contributed by atoms with Gasteiger partial charge in [0.1, 0.15) is 6.04 Å². The molecular weight excluding hydrogens is 592 g/mol. The number of hydrogen-bond acceptors (Lipinski definition) is 6. The molecule has 0 aliphatic carbocycles. The Morgan fingerprint density at radius 1 is 0.851 bits per heavy atom. The molecule has 1 aliphatic heterocycles. The van der Waals surface area contributed by atoms with Crippen LogP contribution in [-0.4, -0.2) is 62.9 Å². The minimum absolute atomic E-state index is 0.00990. The number of ether oxygens (including phenoxy) is 2. The van der Waals surface area contributed by atoms with Crippen molar-refractivity contribution in [3.8, 4) is 0 Å². The van der Waals surface area contributed by atoms with Crippen LogP contribution < -0.4 is 21.3 Å². The smallest absolute Gasteiger partial charge is 0.407 e. The van der Waals surface area contributed by atoms with E-state index in [9.17, 15) is 14.4 Å². The first-order valence-corrected chi connectivity index (χ1v) is 16.0. The summed E-state index contributed by atoms with van der Waals surface area (Å²) < 4.78 is 11.1. The van der Waals surface area contributed by atoms with Gasteiger partial charge >= 0.3 is 6.09 Å². The molecule has 0 radical (unpaired) electrons. The van der Waals surface area contributed by atoms with Crippen molar-refractivity contribution in [2.45, 2.75) is 43.4 Å². The van der Waals surface area contributed by atoms with Crippen molar-refractivity contribution in [1.82, 2.24) is 16.0 Å². The number of benzene rings is 4. The lowest BCUT2D eigenvalue weighted by Gasteiger charge is -2.31. The van der Waals surface area contributed by atoms with Gasteiger partial charge in [-0.2, -0.15) is 0 Å². The molecule has 4 aromatic rings. The van der Waals surface area contributed by atoms with Crippen molar-refractivity contribution in [3.05, 3.63) is 138 Å². The molecule has 47 heavy (non-hydrogen) atoms. The number of para-hydroxylation sites is 1. The van der Waals surface area contributed by atoms with Crippen molar-refractivity contribution in [3.63, 3.8) is 0 Å². The van der Waals surface area contributed by atoms with Crippen LogP contribution in [0.25, 0.3) is 0 Å². The van der Waals surface area contributed by atoms with E-state index in [0.717, 1.165) is 28.7 Å². The van der Waals surface area contributed by atoms with E-state index in [-0.39, 0.29) is 24.0 Å². The third kappa shape index (κ3) is 9.75. The zero-order chi connectivity index (χ0) is 32.8. The molecule has 1 unspecified atom stereocenters. The second kappa shape index (κ2) is 17.1. The molecule has 1 heterocycles. The van der Waals surface area contributed by atoms with Gasteiger partial charge in [-0.25, -0.2) is 4.79 Å². The summed E-state index contributed by atoms with van der Waals surface area (Å²) in [5.74, 6) is -0.823. The van der Waals surface area contributed by atoms with Crippen molar-refractivity contribution >= 4 is 23.6 Å². The molecule has 3 amide bonds. The highest BCUT2D eigenvalue weighted by Crippen LogP contribution is 2.30. The lowest BCUT2D eigenvalue weighted by molar-refractivity contribution is -0.121. The van der Waals surface area contributed by atoms with Crippen molar-refractivity contribution in [1.29, 1.82) is 0 Å². The first-order valence-electron chi connectivity index (χ1n) is 16.0. The Bertz CT molecular complexity index is 1540. The van der Waals surface area contributed by atoms with Gasteiger partial charge in [-0.1, -0.05) is 109 Å². The van der Waals surface area contributed by atoms with E-state index in [1.54, 1.807) is 0 Å². The second-order valence-electron chi connectivity index (χ2n) is 11.6. The quantitative estimate of drug-likeness (QED) is 0.167. The number of amides is 3. The van der Waals surface area contributed by atoms with Crippen LogP contribution in [0.15, 0.2) is 115 Å². The third-order valence-corrected chi connectivity index (χ3v) is 8.32. The first kappa shape index (κ1) is 33.4. The molecule has 1 saturated heterocycles. The Morgan fingerprint density at radius 3 is 2.09 bits per heavy atom. The summed E-state index contributed by atoms with van der Waals surface area (Å²) in [6.07, 6.45) is 1.08. The van der Waals surface area contributed by atoms with E-state index >= 15 is 0 Å². The molecule has 4 N–H and O–H groups in total. The van der Waals surface area contributed by atoms with Gasteiger partial charge in [0, 0.05) is 30.7 Å². The Balaban J connectivity index is 1.19. The van der Waals surface area contributed by atoms with Gasteiger partial charge in [0.15, 0.2) is 0 Å². The molecule has 1 aliphatic rings. The van der Waals surface area contributed by atoms with Crippen molar-refractivity contribution < 1.29 is 23.9 Å². The van der Waals surface area contributed by atoms with Gasteiger partial charge in [0.2, 0.25) is 11.8 Å². The number of morpholine rings is 1. The molecule has 3 atom stereocenters. The van der Waals surface area contributed by atoms with Gasteiger partial charge < -0.3 is 30.7 Å². The van der Waals surface area contributed by atoms with Crippen LogP contribution in [0.4, 0.5) is 10.5 Å². The Kier molecular flexibility index (Phi) is 12.1. The lowest BCUT2D eigenvalue weighted by atomic mass is 9.84. The number of aryl methyl sites for hydroxylation is 1. The summed E-state index contributed by atoms with van der Waals surface area (Å²) in [7, 11) is 1.28. The second-order valence-corrected chi connectivity index (χ2v) is 11.6. The maximum Gasteiger partial charge on any atom is 0.407 e. The Labute approximate surface area is 276 Å². The fraction of sp³-hybridized carbons (Fsp3) is 0.289.